The van der Waals surface area contributed by atoms with Crippen LogP contribution in [0.2, 0.25) is 0 Å². The molecule has 0 radical (unpaired) electrons. The molecule has 1 aromatic carbocycles. The molecule has 0 aliphatic heterocycles. The van der Waals surface area contributed by atoms with Gasteiger partial charge in [0, 0.05) is 10.5 Å². The van der Waals surface area contributed by atoms with Crippen LogP contribution >= 0.6 is 15.9 Å². The van der Waals surface area contributed by atoms with Crippen molar-refractivity contribution >= 4 is 21.8 Å². The number of nitrogens with one attached hydrogen (secondary N) is 1. The van der Waals surface area contributed by atoms with Gasteiger partial charge in [-0.15, -0.1) is 0 Å². The number of amides is 1. The van der Waals surface area contributed by atoms with Crippen molar-refractivity contribution in [3.8, 4) is 0 Å². The lowest BCUT2D eigenvalue weighted by atomic mass is 9.95. The molecule has 104 valence electrons. The molecule has 3 heteroatoms. The fourth-order valence-corrected chi connectivity index (χ4v) is 3.08. The number of hydrogen-bond acceptors (Lipinski definition) is 1. The van der Waals surface area contributed by atoms with Gasteiger partial charge in [0.25, 0.3) is 0 Å². The van der Waals surface area contributed by atoms with Crippen molar-refractivity contribution in [2.75, 3.05) is 0 Å². The molecule has 1 saturated carbocycles. The predicted octanol–water partition coefficient (Wildman–Crippen LogP) is 4.06. The molecule has 0 unspecified atom stereocenters. The summed E-state index contributed by atoms with van der Waals surface area (Å²) in [4.78, 5) is 12.1. The third-order valence-corrected chi connectivity index (χ3v) is 5.08. The Bertz CT molecular complexity index is 441. The normalized spacial score (nSPS) is 16.4. The van der Waals surface area contributed by atoms with E-state index in [9.17, 15) is 4.79 Å². The first-order chi connectivity index (χ1) is 9.06. The maximum absolute atomic E-state index is 12.1. The van der Waals surface area contributed by atoms with E-state index in [0.717, 1.165) is 22.9 Å². The molecular formula is C16H22BrNO. The van der Waals surface area contributed by atoms with Gasteiger partial charge in [-0.1, -0.05) is 47.3 Å². The Kier molecular flexibility index (Phi) is 5.03. The van der Waals surface area contributed by atoms with Gasteiger partial charge >= 0.3 is 0 Å². The van der Waals surface area contributed by atoms with Crippen molar-refractivity contribution in [1.29, 1.82) is 0 Å². The molecular weight excluding hydrogens is 302 g/mol. The van der Waals surface area contributed by atoms with E-state index in [1.807, 2.05) is 0 Å². The first kappa shape index (κ1) is 14.6. The monoisotopic (exact) mass is 323 g/mol. The van der Waals surface area contributed by atoms with Crippen molar-refractivity contribution in [2.24, 2.45) is 0 Å². The highest BCUT2D eigenvalue weighted by Crippen LogP contribution is 2.23. The second kappa shape index (κ2) is 6.56. The lowest BCUT2D eigenvalue weighted by molar-refractivity contribution is -0.121. The Balaban J connectivity index is 1.94. The summed E-state index contributed by atoms with van der Waals surface area (Å²) in [6, 6.07) is 4.59. The number of halogens is 1. The smallest absolute Gasteiger partial charge is 0.224 e. The Morgan fingerprint density at radius 1 is 1.21 bits per heavy atom. The van der Waals surface area contributed by atoms with Gasteiger partial charge in [-0.05, 0) is 43.4 Å². The van der Waals surface area contributed by atoms with Crippen LogP contribution in [0.3, 0.4) is 0 Å². The SMILES string of the molecule is Cc1cc(CC(=O)NC2CCCCC2)cc(C)c1Br. The van der Waals surface area contributed by atoms with Gasteiger partial charge in [0.1, 0.15) is 0 Å². The van der Waals surface area contributed by atoms with Gasteiger partial charge < -0.3 is 5.32 Å². The zero-order chi connectivity index (χ0) is 13.8. The van der Waals surface area contributed by atoms with Gasteiger partial charge in [-0.25, -0.2) is 0 Å². The second-order valence-corrected chi connectivity index (χ2v) is 6.42. The van der Waals surface area contributed by atoms with Crippen molar-refractivity contribution in [2.45, 2.75) is 58.4 Å². The van der Waals surface area contributed by atoms with Crippen molar-refractivity contribution in [3.63, 3.8) is 0 Å². The van der Waals surface area contributed by atoms with Crippen molar-refractivity contribution < 1.29 is 4.79 Å². The van der Waals surface area contributed by atoms with E-state index < -0.39 is 0 Å². The molecule has 1 fully saturated rings. The van der Waals surface area contributed by atoms with Gasteiger partial charge in [0.05, 0.1) is 6.42 Å². The van der Waals surface area contributed by atoms with Crippen LogP contribution in [-0.4, -0.2) is 11.9 Å². The molecule has 1 aliphatic carbocycles. The Labute approximate surface area is 124 Å². The number of benzene rings is 1. The van der Waals surface area contributed by atoms with Crippen LogP contribution in [0.4, 0.5) is 0 Å². The molecule has 1 aromatic rings. The minimum atomic E-state index is 0.160. The summed E-state index contributed by atoms with van der Waals surface area (Å²) in [5.41, 5.74) is 3.49. The first-order valence-corrected chi connectivity index (χ1v) is 7.90. The van der Waals surface area contributed by atoms with Crippen LogP contribution in [-0.2, 0) is 11.2 Å². The molecule has 0 aromatic heterocycles. The second-order valence-electron chi connectivity index (χ2n) is 5.62. The van der Waals surface area contributed by atoms with Crippen LogP contribution in [0.5, 0.6) is 0 Å². The Hall–Kier alpha value is -0.830. The zero-order valence-electron chi connectivity index (χ0n) is 11.8. The van der Waals surface area contributed by atoms with E-state index >= 15 is 0 Å². The summed E-state index contributed by atoms with van der Waals surface area (Å²) in [7, 11) is 0. The third-order valence-electron chi connectivity index (χ3n) is 3.83. The van der Waals surface area contributed by atoms with E-state index in [2.05, 4.69) is 47.2 Å². The molecule has 1 amide bonds. The van der Waals surface area contributed by atoms with Gasteiger partial charge in [-0.3, -0.25) is 4.79 Å². The number of rotatable bonds is 3. The van der Waals surface area contributed by atoms with E-state index in [1.54, 1.807) is 0 Å². The number of carbonyl (C=O) groups excluding carboxylic acids is 1. The summed E-state index contributed by atoms with van der Waals surface area (Å²) < 4.78 is 1.14. The van der Waals surface area contributed by atoms with Gasteiger partial charge in [0.15, 0.2) is 0 Å². The predicted molar refractivity (Wildman–Crippen MR) is 82.3 cm³/mol. The maximum atomic E-state index is 12.1. The molecule has 1 aliphatic rings. The van der Waals surface area contributed by atoms with Crippen LogP contribution < -0.4 is 5.32 Å². The molecule has 0 bridgehead atoms. The first-order valence-electron chi connectivity index (χ1n) is 7.11. The molecule has 0 saturated heterocycles. The summed E-state index contributed by atoms with van der Waals surface area (Å²) in [6.45, 7) is 4.14. The fourth-order valence-electron chi connectivity index (χ4n) is 2.85. The van der Waals surface area contributed by atoms with E-state index in [-0.39, 0.29) is 5.91 Å². The summed E-state index contributed by atoms with van der Waals surface area (Å²) in [5, 5.41) is 3.17. The van der Waals surface area contributed by atoms with Gasteiger partial charge in [0.2, 0.25) is 5.91 Å². The number of aryl methyl sites for hydroxylation is 2. The van der Waals surface area contributed by atoms with Crippen LogP contribution in [0, 0.1) is 13.8 Å². The van der Waals surface area contributed by atoms with Crippen molar-refractivity contribution in [1.82, 2.24) is 5.32 Å². The Morgan fingerprint density at radius 2 is 1.79 bits per heavy atom. The summed E-state index contributed by atoms with van der Waals surface area (Å²) in [5.74, 6) is 0.160. The minimum Gasteiger partial charge on any atom is -0.353 e. The van der Waals surface area contributed by atoms with Crippen LogP contribution in [0.15, 0.2) is 16.6 Å². The fraction of sp³-hybridized carbons (Fsp3) is 0.562. The maximum Gasteiger partial charge on any atom is 0.224 e. The lowest BCUT2D eigenvalue weighted by Gasteiger charge is -2.22. The van der Waals surface area contributed by atoms with E-state index in [0.29, 0.717) is 12.5 Å². The molecule has 2 nitrogen and oxygen atoms in total. The molecule has 19 heavy (non-hydrogen) atoms. The molecule has 1 N–H and O–H groups in total. The number of carbonyl (C=O) groups is 1. The molecule has 0 heterocycles. The largest absolute Gasteiger partial charge is 0.353 e. The third kappa shape index (κ3) is 4.07. The number of hydrogen-bond donors (Lipinski definition) is 1. The average Bonchev–Trinajstić information content (AvgIpc) is 2.37. The minimum absolute atomic E-state index is 0.160. The highest BCUT2D eigenvalue weighted by atomic mass is 79.9. The molecule has 0 atom stereocenters. The van der Waals surface area contributed by atoms with Crippen LogP contribution in [0.1, 0.15) is 48.8 Å². The van der Waals surface area contributed by atoms with Crippen molar-refractivity contribution in [3.05, 3.63) is 33.3 Å². The quantitative estimate of drug-likeness (QED) is 0.893. The highest BCUT2D eigenvalue weighted by Gasteiger charge is 2.16. The van der Waals surface area contributed by atoms with Gasteiger partial charge in [-0.2, -0.15) is 0 Å². The van der Waals surface area contributed by atoms with E-state index in [1.165, 1.54) is 30.4 Å². The topological polar surface area (TPSA) is 29.1 Å². The van der Waals surface area contributed by atoms with E-state index in [4.69, 9.17) is 0 Å². The summed E-state index contributed by atoms with van der Waals surface area (Å²) >= 11 is 3.56. The average molecular weight is 324 g/mol. The Morgan fingerprint density at radius 3 is 2.37 bits per heavy atom. The zero-order valence-corrected chi connectivity index (χ0v) is 13.3. The molecule has 0 spiro atoms. The highest BCUT2D eigenvalue weighted by molar-refractivity contribution is 9.10. The van der Waals surface area contributed by atoms with Crippen LogP contribution in [0.25, 0.3) is 0 Å². The standard InChI is InChI=1S/C16H22BrNO/c1-11-8-13(9-12(2)16(11)17)10-15(19)18-14-6-4-3-5-7-14/h8-9,14H,3-7,10H2,1-2H3,(H,18,19). The molecule has 2 rings (SSSR count). The summed E-state index contributed by atoms with van der Waals surface area (Å²) in [6.07, 6.45) is 6.60. The lowest BCUT2D eigenvalue weighted by Crippen LogP contribution is -2.37.